The van der Waals surface area contributed by atoms with Crippen LogP contribution in [0.15, 0.2) is 24.3 Å². The topological polar surface area (TPSA) is 19.0 Å². The lowest BCUT2D eigenvalue weighted by molar-refractivity contribution is 0.0687. The summed E-state index contributed by atoms with van der Waals surface area (Å²) >= 11 is 0. The van der Waals surface area contributed by atoms with E-state index in [1.807, 2.05) is 0 Å². The van der Waals surface area contributed by atoms with Gasteiger partial charge < -0.3 is 9.64 Å². The Morgan fingerprint density at radius 3 is 2.28 bits per heavy atom. The average molecular weight is 344 g/mol. The molecule has 0 unspecified atom stereocenters. The fraction of sp³-hybridized carbons (Fsp3) is 0.714. The van der Waals surface area contributed by atoms with Crippen molar-refractivity contribution < 1.29 is 4.74 Å². The van der Waals surface area contributed by atoms with Gasteiger partial charge in [0.25, 0.3) is 0 Å². The third-order valence-electron chi connectivity index (χ3n) is 6.53. The maximum Gasteiger partial charge on any atom is 0.142 e. The van der Waals surface area contributed by atoms with Crippen LogP contribution in [0, 0.1) is 0 Å². The monoisotopic (exact) mass is 343 g/mol. The van der Waals surface area contributed by atoms with E-state index < -0.39 is 0 Å². The van der Waals surface area contributed by atoms with Gasteiger partial charge in [-0.05, 0) is 44.4 Å². The first-order chi connectivity index (χ1) is 12.3. The predicted molar refractivity (Wildman–Crippen MR) is 104 cm³/mol. The van der Waals surface area contributed by atoms with Crippen LogP contribution in [0.4, 0.5) is 5.69 Å². The molecular weight excluding hydrogens is 310 g/mol. The van der Waals surface area contributed by atoms with E-state index >= 15 is 0 Å². The van der Waals surface area contributed by atoms with Gasteiger partial charge >= 0.3 is 0 Å². The van der Waals surface area contributed by atoms with E-state index in [9.17, 15) is 0 Å². The molecular formula is C21H33N3O. The second-order valence-corrected chi connectivity index (χ2v) is 7.92. The van der Waals surface area contributed by atoms with Gasteiger partial charge in [0, 0.05) is 44.8 Å². The summed E-state index contributed by atoms with van der Waals surface area (Å²) in [5.74, 6) is 1.00. The highest BCUT2D eigenvalue weighted by Gasteiger charge is 2.32. The summed E-state index contributed by atoms with van der Waals surface area (Å²) in [7, 11) is 1.77. The Morgan fingerprint density at radius 2 is 1.52 bits per heavy atom. The van der Waals surface area contributed by atoms with Gasteiger partial charge in [0.2, 0.25) is 0 Å². The molecule has 1 aromatic carbocycles. The third kappa shape index (κ3) is 3.80. The fourth-order valence-corrected chi connectivity index (χ4v) is 5.10. The Morgan fingerprint density at radius 1 is 0.800 bits per heavy atom. The van der Waals surface area contributed by atoms with E-state index in [0.29, 0.717) is 0 Å². The first-order valence-electron chi connectivity index (χ1n) is 10.2. The first kappa shape index (κ1) is 17.2. The normalized spacial score (nSPS) is 26.9. The van der Waals surface area contributed by atoms with Crippen LogP contribution in [0.5, 0.6) is 5.75 Å². The highest BCUT2D eigenvalue weighted by molar-refractivity contribution is 5.58. The van der Waals surface area contributed by atoms with Crippen LogP contribution in [0.2, 0.25) is 0 Å². The van der Waals surface area contributed by atoms with Crippen LogP contribution in [0.3, 0.4) is 0 Å². The van der Waals surface area contributed by atoms with Crippen LogP contribution in [-0.2, 0) is 0 Å². The van der Waals surface area contributed by atoms with Gasteiger partial charge in [0.05, 0.1) is 12.8 Å². The second kappa shape index (κ2) is 7.96. The Balaban J connectivity index is 1.33. The number of ether oxygens (including phenoxy) is 1. The number of rotatable bonds is 4. The van der Waals surface area contributed by atoms with Crippen molar-refractivity contribution in [2.75, 3.05) is 51.3 Å². The van der Waals surface area contributed by atoms with Crippen molar-refractivity contribution in [1.29, 1.82) is 0 Å². The minimum Gasteiger partial charge on any atom is -0.495 e. The Hall–Kier alpha value is -1.26. The summed E-state index contributed by atoms with van der Waals surface area (Å²) in [6, 6.07) is 10.1. The Kier molecular flexibility index (Phi) is 5.47. The minimum absolute atomic E-state index is 0.772. The van der Waals surface area contributed by atoms with E-state index in [4.69, 9.17) is 4.74 Å². The zero-order valence-electron chi connectivity index (χ0n) is 15.7. The van der Waals surface area contributed by atoms with Crippen LogP contribution in [-0.4, -0.2) is 68.3 Å². The molecule has 4 rings (SSSR count). The zero-order chi connectivity index (χ0) is 17.1. The highest BCUT2D eigenvalue weighted by Crippen LogP contribution is 2.30. The van der Waals surface area contributed by atoms with Crippen LogP contribution in [0.1, 0.15) is 38.5 Å². The van der Waals surface area contributed by atoms with Crippen LogP contribution in [0.25, 0.3) is 0 Å². The standard InChI is InChI=1S/C21H33N3O/c1-25-21-11-5-4-10-20(21)23-15-13-22(14-16-23)19-9-6-12-24(17-19)18-7-2-3-8-18/h4-5,10-11,18-19H,2-3,6-9,12-17H2,1H3/t19-/m0/s1. The fourth-order valence-electron chi connectivity index (χ4n) is 5.10. The molecule has 138 valence electrons. The summed E-state index contributed by atoms with van der Waals surface area (Å²) in [5, 5.41) is 0. The molecule has 0 bridgehead atoms. The van der Waals surface area contributed by atoms with E-state index in [1.165, 1.54) is 70.4 Å². The lowest BCUT2D eigenvalue weighted by Crippen LogP contribution is -2.56. The zero-order valence-corrected chi connectivity index (χ0v) is 15.7. The van der Waals surface area contributed by atoms with E-state index in [-0.39, 0.29) is 0 Å². The summed E-state index contributed by atoms with van der Waals surface area (Å²) in [6.07, 6.45) is 8.54. The first-order valence-corrected chi connectivity index (χ1v) is 10.2. The smallest absolute Gasteiger partial charge is 0.142 e. The Bertz CT molecular complexity index is 550. The number of nitrogens with zero attached hydrogens (tertiary/aromatic N) is 3. The summed E-state index contributed by atoms with van der Waals surface area (Å²) < 4.78 is 5.55. The largest absolute Gasteiger partial charge is 0.495 e. The maximum absolute atomic E-state index is 5.55. The molecule has 2 saturated heterocycles. The van der Waals surface area contributed by atoms with Gasteiger partial charge in [0.1, 0.15) is 5.75 Å². The average Bonchev–Trinajstić information content (AvgIpc) is 3.23. The molecule has 3 fully saturated rings. The third-order valence-corrected chi connectivity index (χ3v) is 6.53. The predicted octanol–water partition coefficient (Wildman–Crippen LogP) is 3.22. The molecule has 0 N–H and O–H groups in total. The minimum atomic E-state index is 0.772. The second-order valence-electron chi connectivity index (χ2n) is 7.92. The molecule has 1 atom stereocenters. The number of likely N-dealkylation sites (tertiary alicyclic amines) is 1. The summed E-state index contributed by atoms with van der Waals surface area (Å²) in [4.78, 5) is 8.06. The number of anilines is 1. The van der Waals surface area contributed by atoms with Crippen molar-refractivity contribution in [2.45, 2.75) is 50.6 Å². The van der Waals surface area contributed by atoms with Crippen molar-refractivity contribution in [3.05, 3.63) is 24.3 Å². The van der Waals surface area contributed by atoms with Crippen molar-refractivity contribution in [3.8, 4) is 5.75 Å². The lowest BCUT2D eigenvalue weighted by Gasteiger charge is -2.45. The van der Waals surface area contributed by atoms with Gasteiger partial charge in [-0.1, -0.05) is 25.0 Å². The number of hydrogen-bond acceptors (Lipinski definition) is 4. The SMILES string of the molecule is COc1ccccc1N1CCN([C@H]2CCCN(C3CCCC3)C2)CC1. The van der Waals surface area contributed by atoms with Gasteiger partial charge in [-0.2, -0.15) is 0 Å². The maximum atomic E-state index is 5.55. The molecule has 0 amide bonds. The molecule has 1 aliphatic carbocycles. The van der Waals surface area contributed by atoms with Gasteiger partial charge in [0.15, 0.2) is 0 Å². The summed E-state index contributed by atoms with van der Waals surface area (Å²) in [6.45, 7) is 7.23. The summed E-state index contributed by atoms with van der Waals surface area (Å²) in [5.41, 5.74) is 1.25. The number of piperidine rings is 1. The highest BCUT2D eigenvalue weighted by atomic mass is 16.5. The van der Waals surface area contributed by atoms with E-state index in [2.05, 4.69) is 39.0 Å². The van der Waals surface area contributed by atoms with E-state index in [1.54, 1.807) is 7.11 Å². The van der Waals surface area contributed by atoms with Gasteiger partial charge in [-0.3, -0.25) is 9.80 Å². The molecule has 2 aliphatic heterocycles. The quantitative estimate of drug-likeness (QED) is 0.835. The molecule has 0 aromatic heterocycles. The molecule has 1 aromatic rings. The lowest BCUT2D eigenvalue weighted by atomic mass is 10.0. The number of methoxy groups -OCH3 is 1. The number of hydrogen-bond donors (Lipinski definition) is 0. The molecule has 0 radical (unpaired) electrons. The van der Waals surface area contributed by atoms with Crippen molar-refractivity contribution in [2.24, 2.45) is 0 Å². The number of benzene rings is 1. The number of para-hydroxylation sites is 2. The molecule has 3 aliphatic rings. The van der Waals surface area contributed by atoms with Crippen LogP contribution < -0.4 is 9.64 Å². The molecule has 2 heterocycles. The van der Waals surface area contributed by atoms with Gasteiger partial charge in [-0.15, -0.1) is 0 Å². The van der Waals surface area contributed by atoms with Crippen molar-refractivity contribution in [3.63, 3.8) is 0 Å². The van der Waals surface area contributed by atoms with E-state index in [0.717, 1.165) is 30.9 Å². The van der Waals surface area contributed by atoms with Crippen molar-refractivity contribution in [1.82, 2.24) is 9.80 Å². The molecule has 4 heteroatoms. The van der Waals surface area contributed by atoms with Crippen molar-refractivity contribution >= 4 is 5.69 Å². The van der Waals surface area contributed by atoms with Crippen LogP contribution >= 0.6 is 0 Å². The van der Waals surface area contributed by atoms with Gasteiger partial charge in [-0.25, -0.2) is 0 Å². The molecule has 4 nitrogen and oxygen atoms in total. The molecule has 0 spiro atoms. The molecule has 1 saturated carbocycles. The number of piperazine rings is 1. The molecule has 25 heavy (non-hydrogen) atoms. The Labute approximate surface area is 152 Å².